The van der Waals surface area contributed by atoms with Crippen molar-refractivity contribution in [1.29, 1.82) is 0 Å². The average molecular weight is 247 g/mol. The Balaban J connectivity index is 1.81. The molecule has 6 heteroatoms. The van der Waals surface area contributed by atoms with E-state index < -0.39 is 0 Å². The van der Waals surface area contributed by atoms with E-state index in [1.165, 1.54) is 43.0 Å². The number of hydrogen-bond acceptors (Lipinski definition) is 4. The molecule has 1 fully saturated rings. The minimum absolute atomic E-state index is 0.297. The van der Waals surface area contributed by atoms with Crippen molar-refractivity contribution in [3.05, 3.63) is 22.6 Å². The van der Waals surface area contributed by atoms with Crippen molar-refractivity contribution in [1.82, 2.24) is 19.8 Å². The Hall–Kier alpha value is -1.85. The minimum Gasteiger partial charge on any atom is -0.366 e. The zero-order valence-electron chi connectivity index (χ0n) is 10.2. The molecule has 0 bridgehead atoms. The maximum Gasteiger partial charge on any atom is 0.364 e. The van der Waals surface area contributed by atoms with Gasteiger partial charge in [-0.05, 0) is 25.0 Å². The molecule has 0 aliphatic heterocycles. The zero-order chi connectivity index (χ0) is 12.4. The number of fused-ring (bicyclic) bond motifs is 1. The smallest absolute Gasteiger partial charge is 0.364 e. The Morgan fingerprint density at radius 3 is 2.78 bits per heavy atom. The van der Waals surface area contributed by atoms with Crippen LogP contribution in [-0.4, -0.2) is 25.9 Å². The third-order valence-electron chi connectivity index (χ3n) is 3.48. The molecular weight excluding hydrogens is 230 g/mol. The third kappa shape index (κ3) is 2.23. The summed E-state index contributed by atoms with van der Waals surface area (Å²) >= 11 is 0. The van der Waals surface area contributed by atoms with Gasteiger partial charge in [-0.1, -0.05) is 25.7 Å². The van der Waals surface area contributed by atoms with E-state index in [4.69, 9.17) is 0 Å². The van der Waals surface area contributed by atoms with Crippen LogP contribution in [0.5, 0.6) is 0 Å². The summed E-state index contributed by atoms with van der Waals surface area (Å²) in [4.78, 5) is 11.4. The maximum absolute atomic E-state index is 11.4. The second-order valence-corrected chi connectivity index (χ2v) is 4.85. The first-order chi connectivity index (χ1) is 8.83. The van der Waals surface area contributed by atoms with Crippen LogP contribution in [0, 0.1) is 0 Å². The van der Waals surface area contributed by atoms with Crippen LogP contribution in [0.1, 0.15) is 38.5 Å². The molecule has 0 saturated heterocycles. The fraction of sp³-hybridized carbons (Fsp3) is 0.583. The van der Waals surface area contributed by atoms with Gasteiger partial charge in [-0.25, -0.2) is 9.89 Å². The zero-order valence-corrected chi connectivity index (χ0v) is 10.2. The van der Waals surface area contributed by atoms with Crippen molar-refractivity contribution in [3.63, 3.8) is 0 Å². The summed E-state index contributed by atoms with van der Waals surface area (Å²) in [6, 6.07) is 4.14. The molecule has 1 aliphatic carbocycles. The van der Waals surface area contributed by atoms with E-state index in [9.17, 15) is 4.79 Å². The highest BCUT2D eigenvalue weighted by atomic mass is 16.2. The highest BCUT2D eigenvalue weighted by molar-refractivity contribution is 5.43. The molecule has 1 saturated carbocycles. The van der Waals surface area contributed by atoms with Crippen molar-refractivity contribution in [3.8, 4) is 0 Å². The number of nitrogens with one attached hydrogen (secondary N) is 2. The molecule has 1 aliphatic rings. The summed E-state index contributed by atoms with van der Waals surface area (Å²) in [6.07, 6.45) is 7.55. The Bertz CT molecular complexity index is 579. The van der Waals surface area contributed by atoms with Crippen molar-refractivity contribution in [2.75, 3.05) is 5.32 Å². The van der Waals surface area contributed by atoms with E-state index in [-0.39, 0.29) is 5.69 Å². The largest absolute Gasteiger partial charge is 0.366 e. The molecule has 2 aromatic heterocycles. The average Bonchev–Trinajstić information content (AvgIpc) is 2.61. The minimum atomic E-state index is -0.297. The molecule has 0 spiro atoms. The van der Waals surface area contributed by atoms with E-state index in [0.717, 1.165) is 5.82 Å². The van der Waals surface area contributed by atoms with Gasteiger partial charge in [-0.3, -0.25) is 0 Å². The first kappa shape index (κ1) is 11.3. The molecule has 2 N–H and O–H groups in total. The number of H-pyrrole nitrogens is 1. The summed E-state index contributed by atoms with van der Waals surface area (Å²) in [7, 11) is 0. The van der Waals surface area contributed by atoms with Crippen LogP contribution in [-0.2, 0) is 0 Å². The number of rotatable bonds is 2. The van der Waals surface area contributed by atoms with Gasteiger partial charge in [0.2, 0.25) is 0 Å². The fourth-order valence-electron chi connectivity index (χ4n) is 2.51. The predicted molar refractivity (Wildman–Crippen MR) is 68.7 cm³/mol. The van der Waals surface area contributed by atoms with Gasteiger partial charge in [-0.2, -0.15) is 9.61 Å². The van der Waals surface area contributed by atoms with Crippen molar-refractivity contribution in [2.24, 2.45) is 0 Å². The Morgan fingerprint density at radius 1 is 1.22 bits per heavy atom. The second-order valence-electron chi connectivity index (χ2n) is 4.85. The number of anilines is 1. The molecule has 0 amide bonds. The highest BCUT2D eigenvalue weighted by Gasteiger charge is 2.13. The number of hydrogen-bond donors (Lipinski definition) is 2. The summed E-state index contributed by atoms with van der Waals surface area (Å²) in [5.74, 6) is 0.748. The lowest BCUT2D eigenvalue weighted by Gasteiger charge is -2.16. The molecular formula is C12H17N5O. The van der Waals surface area contributed by atoms with Gasteiger partial charge in [0, 0.05) is 6.04 Å². The quantitative estimate of drug-likeness (QED) is 0.789. The highest BCUT2D eigenvalue weighted by Crippen LogP contribution is 2.20. The van der Waals surface area contributed by atoms with Gasteiger partial charge in [0.15, 0.2) is 5.65 Å². The molecule has 18 heavy (non-hydrogen) atoms. The topological polar surface area (TPSA) is 75.1 Å². The van der Waals surface area contributed by atoms with Gasteiger partial charge in [0.25, 0.3) is 0 Å². The van der Waals surface area contributed by atoms with Crippen LogP contribution in [0.3, 0.4) is 0 Å². The molecule has 0 atom stereocenters. The summed E-state index contributed by atoms with van der Waals surface area (Å²) in [5, 5.41) is 13.9. The van der Waals surface area contributed by atoms with Crippen LogP contribution < -0.4 is 11.0 Å². The number of nitrogens with zero attached hydrogens (tertiary/aromatic N) is 3. The van der Waals surface area contributed by atoms with Crippen molar-refractivity contribution < 1.29 is 0 Å². The van der Waals surface area contributed by atoms with E-state index in [1.807, 2.05) is 6.07 Å². The molecule has 0 aromatic carbocycles. The summed E-state index contributed by atoms with van der Waals surface area (Å²) in [6.45, 7) is 0. The number of aromatic nitrogens is 4. The van der Waals surface area contributed by atoms with E-state index >= 15 is 0 Å². The fourth-order valence-corrected chi connectivity index (χ4v) is 2.51. The lowest BCUT2D eigenvalue weighted by Crippen LogP contribution is -2.21. The van der Waals surface area contributed by atoms with E-state index in [2.05, 4.69) is 20.6 Å². The molecule has 6 nitrogen and oxygen atoms in total. The maximum atomic E-state index is 11.4. The van der Waals surface area contributed by atoms with Gasteiger partial charge in [0.1, 0.15) is 5.82 Å². The SMILES string of the molecule is O=c1[nH]nc2ccc(NC3CCCCCC3)nn12. The van der Waals surface area contributed by atoms with E-state index in [1.54, 1.807) is 6.07 Å². The van der Waals surface area contributed by atoms with Gasteiger partial charge in [0.05, 0.1) is 0 Å². The monoisotopic (exact) mass is 247 g/mol. The predicted octanol–water partition coefficient (Wildman–Crippen LogP) is 1.55. The second kappa shape index (κ2) is 4.80. The molecule has 0 radical (unpaired) electrons. The third-order valence-corrected chi connectivity index (χ3v) is 3.48. The van der Waals surface area contributed by atoms with E-state index in [0.29, 0.717) is 11.7 Å². The first-order valence-corrected chi connectivity index (χ1v) is 6.54. The van der Waals surface area contributed by atoms with Crippen LogP contribution in [0.4, 0.5) is 5.82 Å². The Morgan fingerprint density at radius 2 is 2.00 bits per heavy atom. The normalized spacial score (nSPS) is 17.8. The Kier molecular flexibility index (Phi) is 3.00. The standard InChI is InChI=1S/C12H17N5O/c18-12-15-14-11-8-7-10(16-17(11)12)13-9-5-3-1-2-4-6-9/h7-9H,1-6H2,(H,13,16)(H,15,18). The first-order valence-electron chi connectivity index (χ1n) is 6.54. The van der Waals surface area contributed by atoms with Crippen LogP contribution >= 0.6 is 0 Å². The lowest BCUT2D eigenvalue weighted by atomic mass is 10.1. The molecule has 3 rings (SSSR count). The molecule has 0 unspecified atom stereocenters. The van der Waals surface area contributed by atoms with Crippen molar-refractivity contribution >= 4 is 11.5 Å². The van der Waals surface area contributed by atoms with Gasteiger partial charge in [-0.15, -0.1) is 5.10 Å². The summed E-state index contributed by atoms with van der Waals surface area (Å²) in [5.41, 5.74) is 0.251. The Labute approximate surface area is 104 Å². The van der Waals surface area contributed by atoms with Crippen LogP contribution in [0.2, 0.25) is 0 Å². The molecule has 2 heterocycles. The van der Waals surface area contributed by atoms with Crippen molar-refractivity contribution in [2.45, 2.75) is 44.6 Å². The van der Waals surface area contributed by atoms with Crippen LogP contribution in [0.25, 0.3) is 5.65 Å². The summed E-state index contributed by atoms with van der Waals surface area (Å²) < 4.78 is 1.29. The van der Waals surface area contributed by atoms with Gasteiger partial charge < -0.3 is 5.32 Å². The lowest BCUT2D eigenvalue weighted by molar-refractivity contribution is 0.615. The van der Waals surface area contributed by atoms with Crippen LogP contribution in [0.15, 0.2) is 16.9 Å². The molecule has 2 aromatic rings. The number of aromatic amines is 1. The molecule has 96 valence electrons. The van der Waals surface area contributed by atoms with Gasteiger partial charge >= 0.3 is 5.69 Å².